The van der Waals surface area contributed by atoms with Gasteiger partial charge in [0, 0.05) is 25.6 Å². The standard InChI is InChI=1S/C10H15N3O2/c1-3-12-13-8-9(1)14-5-2-10-7-11-4-6-15-10/h1,3,8,10-11H,2,4-7H2. The van der Waals surface area contributed by atoms with Crippen LogP contribution in [0.2, 0.25) is 0 Å². The van der Waals surface area contributed by atoms with Gasteiger partial charge in [-0.15, -0.1) is 0 Å². The van der Waals surface area contributed by atoms with Crippen LogP contribution in [-0.4, -0.2) is 42.6 Å². The topological polar surface area (TPSA) is 56.3 Å². The maximum Gasteiger partial charge on any atom is 0.141 e. The fourth-order valence-corrected chi connectivity index (χ4v) is 1.48. The summed E-state index contributed by atoms with van der Waals surface area (Å²) in [7, 11) is 0. The van der Waals surface area contributed by atoms with Crippen LogP contribution >= 0.6 is 0 Å². The molecule has 0 aromatic carbocycles. The van der Waals surface area contributed by atoms with Gasteiger partial charge in [0.2, 0.25) is 0 Å². The molecular weight excluding hydrogens is 194 g/mol. The van der Waals surface area contributed by atoms with Gasteiger partial charge in [-0.2, -0.15) is 10.2 Å². The summed E-state index contributed by atoms with van der Waals surface area (Å²) in [5.41, 5.74) is 0. The first-order valence-electron chi connectivity index (χ1n) is 5.17. The lowest BCUT2D eigenvalue weighted by Crippen LogP contribution is -2.39. The molecule has 5 nitrogen and oxygen atoms in total. The van der Waals surface area contributed by atoms with Crippen molar-refractivity contribution in [1.29, 1.82) is 0 Å². The van der Waals surface area contributed by atoms with E-state index in [1.165, 1.54) is 0 Å². The number of aromatic nitrogens is 2. The van der Waals surface area contributed by atoms with E-state index in [1.54, 1.807) is 18.5 Å². The molecule has 1 aromatic heterocycles. The predicted molar refractivity (Wildman–Crippen MR) is 54.8 cm³/mol. The van der Waals surface area contributed by atoms with Crippen LogP contribution in [-0.2, 0) is 4.74 Å². The Hall–Kier alpha value is -1.20. The lowest BCUT2D eigenvalue weighted by atomic mass is 10.2. The minimum Gasteiger partial charge on any atom is -0.492 e. The lowest BCUT2D eigenvalue weighted by molar-refractivity contribution is 0.0158. The fourth-order valence-electron chi connectivity index (χ4n) is 1.48. The molecule has 1 aromatic rings. The Morgan fingerprint density at radius 2 is 2.53 bits per heavy atom. The van der Waals surface area contributed by atoms with E-state index >= 15 is 0 Å². The number of morpholine rings is 1. The molecule has 0 bridgehead atoms. The largest absolute Gasteiger partial charge is 0.492 e. The molecule has 1 aliphatic rings. The summed E-state index contributed by atoms with van der Waals surface area (Å²) in [6.45, 7) is 3.31. The van der Waals surface area contributed by atoms with Crippen LogP contribution in [0, 0.1) is 0 Å². The van der Waals surface area contributed by atoms with Crippen LogP contribution in [0.3, 0.4) is 0 Å². The highest BCUT2D eigenvalue weighted by molar-refractivity contribution is 5.12. The molecule has 0 spiro atoms. The van der Waals surface area contributed by atoms with Gasteiger partial charge in [-0.05, 0) is 0 Å². The summed E-state index contributed by atoms with van der Waals surface area (Å²) >= 11 is 0. The molecule has 1 N–H and O–H groups in total. The number of rotatable bonds is 4. The molecule has 1 atom stereocenters. The third kappa shape index (κ3) is 3.45. The summed E-state index contributed by atoms with van der Waals surface area (Å²) in [5, 5.41) is 10.7. The molecule has 0 radical (unpaired) electrons. The average molecular weight is 209 g/mol. The molecule has 0 saturated carbocycles. The smallest absolute Gasteiger partial charge is 0.141 e. The lowest BCUT2D eigenvalue weighted by Gasteiger charge is -2.23. The third-order valence-corrected chi connectivity index (χ3v) is 2.27. The molecule has 5 heteroatoms. The van der Waals surface area contributed by atoms with E-state index in [1.807, 2.05) is 0 Å². The fraction of sp³-hybridized carbons (Fsp3) is 0.600. The zero-order valence-electron chi connectivity index (χ0n) is 8.56. The first kappa shape index (κ1) is 10.3. The Labute approximate surface area is 88.8 Å². The Bertz CT molecular complexity index is 275. The van der Waals surface area contributed by atoms with E-state index in [0.717, 1.165) is 31.9 Å². The minimum absolute atomic E-state index is 0.272. The van der Waals surface area contributed by atoms with Gasteiger partial charge in [0.15, 0.2) is 0 Å². The highest BCUT2D eigenvalue weighted by atomic mass is 16.5. The van der Waals surface area contributed by atoms with Crippen LogP contribution < -0.4 is 10.1 Å². The zero-order valence-corrected chi connectivity index (χ0v) is 8.56. The van der Waals surface area contributed by atoms with Gasteiger partial charge >= 0.3 is 0 Å². The Morgan fingerprint density at radius 1 is 1.53 bits per heavy atom. The van der Waals surface area contributed by atoms with Crippen LogP contribution in [0.1, 0.15) is 6.42 Å². The normalized spacial score (nSPS) is 21.2. The SMILES string of the molecule is c1cc(OCCC2CNCCO2)cnn1. The van der Waals surface area contributed by atoms with Gasteiger partial charge < -0.3 is 14.8 Å². The molecule has 0 aliphatic carbocycles. The van der Waals surface area contributed by atoms with Crippen molar-refractivity contribution in [3.63, 3.8) is 0 Å². The molecule has 15 heavy (non-hydrogen) atoms. The summed E-state index contributed by atoms with van der Waals surface area (Å²) in [4.78, 5) is 0. The zero-order chi connectivity index (χ0) is 10.3. The summed E-state index contributed by atoms with van der Waals surface area (Å²) in [6.07, 6.45) is 4.40. The first-order chi connectivity index (χ1) is 7.45. The van der Waals surface area contributed by atoms with Crippen LogP contribution in [0.5, 0.6) is 5.75 Å². The van der Waals surface area contributed by atoms with Crippen LogP contribution in [0.25, 0.3) is 0 Å². The van der Waals surface area contributed by atoms with Gasteiger partial charge in [-0.25, -0.2) is 0 Å². The van der Waals surface area contributed by atoms with Gasteiger partial charge in [-0.3, -0.25) is 0 Å². The molecule has 1 aliphatic heterocycles. The van der Waals surface area contributed by atoms with Crippen molar-refractivity contribution in [3.05, 3.63) is 18.5 Å². The minimum atomic E-state index is 0.272. The van der Waals surface area contributed by atoms with Gasteiger partial charge in [0.05, 0.1) is 31.7 Å². The summed E-state index contributed by atoms with van der Waals surface area (Å²) in [6, 6.07) is 1.80. The Kier molecular flexibility index (Phi) is 3.87. The monoisotopic (exact) mass is 209 g/mol. The second-order valence-electron chi connectivity index (χ2n) is 3.41. The highest BCUT2D eigenvalue weighted by Gasteiger charge is 2.12. The van der Waals surface area contributed by atoms with Crippen LogP contribution in [0.4, 0.5) is 0 Å². The van der Waals surface area contributed by atoms with Crippen molar-refractivity contribution in [3.8, 4) is 5.75 Å². The second-order valence-corrected chi connectivity index (χ2v) is 3.41. The van der Waals surface area contributed by atoms with E-state index in [2.05, 4.69) is 15.5 Å². The molecule has 1 fully saturated rings. The Balaban J connectivity index is 1.66. The number of hydrogen-bond donors (Lipinski definition) is 1. The van der Waals surface area contributed by atoms with Crippen molar-refractivity contribution < 1.29 is 9.47 Å². The predicted octanol–water partition coefficient (Wildman–Crippen LogP) is 0.234. The molecule has 82 valence electrons. The molecular formula is C10H15N3O2. The van der Waals surface area contributed by atoms with Crippen LogP contribution in [0.15, 0.2) is 18.5 Å². The second kappa shape index (κ2) is 5.63. The van der Waals surface area contributed by atoms with Crippen molar-refractivity contribution in [2.24, 2.45) is 0 Å². The van der Waals surface area contributed by atoms with Gasteiger partial charge in [0.25, 0.3) is 0 Å². The summed E-state index contributed by atoms with van der Waals surface area (Å²) < 4.78 is 11.0. The Morgan fingerprint density at radius 3 is 3.27 bits per heavy atom. The van der Waals surface area contributed by atoms with Crippen molar-refractivity contribution in [2.75, 3.05) is 26.3 Å². The summed E-state index contributed by atoms with van der Waals surface area (Å²) in [5.74, 6) is 0.758. The molecule has 1 unspecified atom stereocenters. The number of ether oxygens (including phenoxy) is 2. The molecule has 1 saturated heterocycles. The van der Waals surface area contributed by atoms with E-state index in [9.17, 15) is 0 Å². The highest BCUT2D eigenvalue weighted by Crippen LogP contribution is 2.07. The van der Waals surface area contributed by atoms with Gasteiger partial charge in [-0.1, -0.05) is 0 Å². The quantitative estimate of drug-likeness (QED) is 0.769. The number of nitrogens with one attached hydrogen (secondary N) is 1. The van der Waals surface area contributed by atoms with E-state index in [0.29, 0.717) is 6.61 Å². The number of hydrogen-bond acceptors (Lipinski definition) is 5. The number of nitrogens with zero attached hydrogens (tertiary/aromatic N) is 2. The maximum atomic E-state index is 5.55. The first-order valence-corrected chi connectivity index (χ1v) is 5.17. The molecule has 2 rings (SSSR count). The van der Waals surface area contributed by atoms with E-state index in [4.69, 9.17) is 9.47 Å². The van der Waals surface area contributed by atoms with Crippen molar-refractivity contribution >= 4 is 0 Å². The molecule has 2 heterocycles. The van der Waals surface area contributed by atoms with E-state index in [-0.39, 0.29) is 6.10 Å². The van der Waals surface area contributed by atoms with E-state index < -0.39 is 0 Å². The molecule has 0 amide bonds. The third-order valence-electron chi connectivity index (χ3n) is 2.27. The van der Waals surface area contributed by atoms with Crippen molar-refractivity contribution in [2.45, 2.75) is 12.5 Å². The van der Waals surface area contributed by atoms with Gasteiger partial charge in [0.1, 0.15) is 5.75 Å². The maximum absolute atomic E-state index is 5.55. The van der Waals surface area contributed by atoms with Crippen molar-refractivity contribution in [1.82, 2.24) is 15.5 Å². The average Bonchev–Trinajstić information content (AvgIpc) is 2.32.